The summed E-state index contributed by atoms with van der Waals surface area (Å²) in [5.74, 6) is 0.896. The van der Waals surface area contributed by atoms with Gasteiger partial charge in [-0.2, -0.15) is 0 Å². The molecule has 0 saturated carbocycles. The van der Waals surface area contributed by atoms with Crippen LogP contribution < -0.4 is 10.2 Å². The van der Waals surface area contributed by atoms with E-state index < -0.39 is 0 Å². The van der Waals surface area contributed by atoms with Gasteiger partial charge in [0, 0.05) is 0 Å². The first-order valence-electron chi connectivity index (χ1n) is 9.44. The molecule has 2 aliphatic rings. The zero-order valence-corrected chi connectivity index (χ0v) is 18.7. The number of rotatable bonds is 4. The Labute approximate surface area is 190 Å². The van der Waals surface area contributed by atoms with E-state index in [1.54, 1.807) is 24.3 Å². The van der Waals surface area contributed by atoms with Crippen molar-refractivity contribution in [3.05, 3.63) is 60.5 Å². The van der Waals surface area contributed by atoms with Crippen LogP contribution in [0, 0.1) is 0 Å². The van der Waals surface area contributed by atoms with E-state index in [-0.39, 0.29) is 39.1 Å². The molecule has 4 rings (SSSR count). The molecule has 9 heteroatoms. The first kappa shape index (κ1) is 24.3. The van der Waals surface area contributed by atoms with Crippen LogP contribution in [-0.4, -0.2) is 36.1 Å². The summed E-state index contributed by atoms with van der Waals surface area (Å²) in [5, 5.41) is 23.1. The quantitative estimate of drug-likeness (QED) is 0.500. The van der Waals surface area contributed by atoms with E-state index in [0.717, 1.165) is 0 Å². The second-order valence-electron chi connectivity index (χ2n) is 8.07. The maximum absolute atomic E-state index is 11.6. The van der Waals surface area contributed by atoms with Gasteiger partial charge in [0.25, 0.3) is 0 Å². The van der Waals surface area contributed by atoms with E-state index >= 15 is 0 Å². The molecular weight excluding hydrogens is 447 g/mol. The number of hydrogen-bond acceptors (Lipinski definition) is 8. The predicted molar refractivity (Wildman–Crippen MR) is 108 cm³/mol. The molecule has 168 valence electrons. The van der Waals surface area contributed by atoms with Crippen molar-refractivity contribution in [2.75, 3.05) is 13.2 Å². The zero-order valence-electron chi connectivity index (χ0n) is 17.7. The zero-order chi connectivity index (χ0) is 21.8. The molecule has 0 N–H and O–H groups in total. The summed E-state index contributed by atoms with van der Waals surface area (Å²) in [5.41, 5.74) is -0.482. The van der Waals surface area contributed by atoms with Gasteiger partial charge >= 0.3 is 16.5 Å². The summed E-state index contributed by atoms with van der Waals surface area (Å²) >= 11 is 0. The normalized spacial score (nSPS) is 19.2. The summed E-state index contributed by atoms with van der Waals surface area (Å²) in [7, 11) is 0. The fourth-order valence-corrected chi connectivity index (χ4v) is 2.58. The van der Waals surface area contributed by atoms with E-state index in [0.29, 0.717) is 36.5 Å². The second-order valence-corrected chi connectivity index (χ2v) is 8.07. The van der Waals surface area contributed by atoms with E-state index in [4.69, 9.17) is 18.3 Å². The first-order valence-corrected chi connectivity index (χ1v) is 9.44. The van der Waals surface area contributed by atoms with E-state index in [2.05, 4.69) is 9.98 Å². The van der Waals surface area contributed by atoms with Crippen molar-refractivity contribution in [3.63, 3.8) is 0 Å². The Morgan fingerprint density at radius 2 is 1.19 bits per heavy atom. The molecule has 2 aromatic rings. The Kier molecular flexibility index (Phi) is 7.79. The summed E-state index contributed by atoms with van der Waals surface area (Å²) in [6.07, 6.45) is 5.63. The van der Waals surface area contributed by atoms with Crippen molar-refractivity contribution >= 4 is 23.3 Å². The summed E-state index contributed by atoms with van der Waals surface area (Å²) < 4.78 is 20.5. The minimum absolute atomic E-state index is 0. The molecular formula is C22H24N2NiO6. The summed E-state index contributed by atoms with van der Waals surface area (Å²) in [6, 6.07) is 6.56. The minimum Gasteiger partial charge on any atom is -0.870 e. The van der Waals surface area contributed by atoms with E-state index in [1.165, 1.54) is 24.7 Å². The minimum atomic E-state index is -0.241. The monoisotopic (exact) mass is 470 g/mol. The molecule has 2 aromatic heterocycles. The largest absolute Gasteiger partial charge is 2.00 e. The molecule has 0 spiro atoms. The van der Waals surface area contributed by atoms with Crippen LogP contribution in [0.15, 0.2) is 67.8 Å². The van der Waals surface area contributed by atoms with Gasteiger partial charge in [0.2, 0.25) is 11.8 Å². The van der Waals surface area contributed by atoms with Crippen LogP contribution in [0.25, 0.3) is 11.5 Å². The van der Waals surface area contributed by atoms with Gasteiger partial charge in [0.05, 0.1) is 23.6 Å². The summed E-state index contributed by atoms with van der Waals surface area (Å²) in [4.78, 5) is 8.49. The van der Waals surface area contributed by atoms with Crippen LogP contribution in [0.3, 0.4) is 0 Å². The van der Waals surface area contributed by atoms with Crippen LogP contribution in [0.1, 0.15) is 39.2 Å². The van der Waals surface area contributed by atoms with Crippen LogP contribution in [0.5, 0.6) is 0 Å². The van der Waals surface area contributed by atoms with Gasteiger partial charge < -0.3 is 28.5 Å². The molecule has 8 nitrogen and oxygen atoms in total. The fourth-order valence-electron chi connectivity index (χ4n) is 2.58. The molecule has 0 aliphatic carbocycles. The van der Waals surface area contributed by atoms with Gasteiger partial charge in [0.1, 0.15) is 24.7 Å². The van der Waals surface area contributed by atoms with Crippen LogP contribution >= 0.6 is 0 Å². The van der Waals surface area contributed by atoms with Gasteiger partial charge in [-0.3, -0.25) is 0 Å². The Bertz CT molecular complexity index is 890. The third-order valence-electron chi connectivity index (χ3n) is 4.01. The maximum atomic E-state index is 11.6. The van der Waals surface area contributed by atoms with Crippen molar-refractivity contribution in [3.8, 4) is 0 Å². The third kappa shape index (κ3) is 7.07. The SMILES string of the molecule is CC1(C)COC(/C=C(\[O-])c2ccco2)=N1.CC1(C)COC(/C=C(\[O-])c2ccco2)=N1.[Ni+2]. The Morgan fingerprint density at radius 3 is 1.45 bits per heavy atom. The van der Waals surface area contributed by atoms with E-state index in [1.807, 2.05) is 27.7 Å². The van der Waals surface area contributed by atoms with Gasteiger partial charge in [-0.1, -0.05) is 11.5 Å². The van der Waals surface area contributed by atoms with Crippen molar-refractivity contribution in [1.82, 2.24) is 0 Å². The average molecular weight is 471 g/mol. The van der Waals surface area contributed by atoms with Crippen molar-refractivity contribution < 1.29 is 45.0 Å². The van der Waals surface area contributed by atoms with Crippen LogP contribution in [0.4, 0.5) is 0 Å². The molecule has 0 bridgehead atoms. The Hall–Kier alpha value is -2.93. The Morgan fingerprint density at radius 1 is 0.806 bits per heavy atom. The number of aliphatic imine (C=N–C) groups is 2. The Balaban J connectivity index is 0.000000213. The average Bonchev–Trinajstić information content (AvgIpc) is 3.44. The van der Waals surface area contributed by atoms with Gasteiger partial charge in [-0.25, -0.2) is 9.98 Å². The predicted octanol–water partition coefficient (Wildman–Crippen LogP) is 2.37. The third-order valence-corrected chi connectivity index (χ3v) is 4.01. The summed E-state index contributed by atoms with van der Waals surface area (Å²) in [6.45, 7) is 8.81. The molecule has 31 heavy (non-hydrogen) atoms. The molecule has 0 unspecified atom stereocenters. The molecule has 0 fully saturated rings. The maximum Gasteiger partial charge on any atom is 2.00 e. The van der Waals surface area contributed by atoms with Crippen molar-refractivity contribution in [2.24, 2.45) is 9.98 Å². The molecule has 4 heterocycles. The van der Waals surface area contributed by atoms with Crippen LogP contribution in [0.2, 0.25) is 0 Å². The van der Waals surface area contributed by atoms with Crippen LogP contribution in [-0.2, 0) is 26.0 Å². The van der Waals surface area contributed by atoms with Gasteiger partial charge in [-0.15, -0.1) is 0 Å². The molecule has 0 aromatic carbocycles. The second kappa shape index (κ2) is 9.92. The standard InChI is InChI=1S/2C11H13NO3.Ni/c2*1-11(2)7-15-10(12-11)6-8(13)9-4-3-5-14-9;/h2*3-6,13H,7H2,1-2H3;/q;;+2/p-2/b2*8-6-;. The van der Waals surface area contributed by atoms with Crippen molar-refractivity contribution in [1.29, 1.82) is 0 Å². The van der Waals surface area contributed by atoms with Gasteiger partial charge in [0.15, 0.2) is 0 Å². The molecule has 2 aliphatic heterocycles. The molecule has 0 saturated heterocycles. The van der Waals surface area contributed by atoms with E-state index in [9.17, 15) is 10.2 Å². The molecule has 0 amide bonds. The van der Waals surface area contributed by atoms with Gasteiger partial charge in [-0.05, 0) is 64.1 Å². The fraction of sp³-hybridized carbons (Fsp3) is 0.364. The number of hydrogen-bond donors (Lipinski definition) is 0. The molecule has 0 radical (unpaired) electrons. The topological polar surface area (TPSA) is 116 Å². The number of furan rings is 2. The number of nitrogens with zero attached hydrogens (tertiary/aromatic N) is 2. The smallest absolute Gasteiger partial charge is 0.870 e. The first-order chi connectivity index (χ1) is 14.1. The molecule has 0 atom stereocenters. The number of ether oxygens (including phenoxy) is 2. The van der Waals surface area contributed by atoms with Crippen molar-refractivity contribution in [2.45, 2.75) is 38.8 Å².